The van der Waals surface area contributed by atoms with E-state index in [2.05, 4.69) is 14.9 Å². The number of nitrogen functional groups attached to an aromatic ring is 1. The Morgan fingerprint density at radius 3 is 2.88 bits per heavy atom. The first-order valence-corrected chi connectivity index (χ1v) is 5.93. The number of H-pyrrole nitrogens is 1. The Bertz CT molecular complexity index is 479. The quantitative estimate of drug-likeness (QED) is 0.708. The van der Waals surface area contributed by atoms with Gasteiger partial charge in [-0.2, -0.15) is 0 Å². The third-order valence-electron chi connectivity index (χ3n) is 3.54. The van der Waals surface area contributed by atoms with Gasteiger partial charge >= 0.3 is 0 Å². The van der Waals surface area contributed by atoms with Gasteiger partial charge in [-0.1, -0.05) is 0 Å². The maximum atomic E-state index is 11.7. The highest BCUT2D eigenvalue weighted by atomic mass is 16.5. The van der Waals surface area contributed by atoms with Gasteiger partial charge in [0.25, 0.3) is 5.56 Å². The highest BCUT2D eigenvalue weighted by Crippen LogP contribution is 2.24. The van der Waals surface area contributed by atoms with E-state index in [0.29, 0.717) is 12.6 Å². The number of anilines is 1. The number of hydrogen-bond acceptors (Lipinski definition) is 5. The Labute approximate surface area is 98.8 Å². The van der Waals surface area contributed by atoms with E-state index in [1.54, 1.807) is 0 Å². The number of rotatable bonds is 1. The fourth-order valence-corrected chi connectivity index (χ4v) is 2.62. The predicted molar refractivity (Wildman–Crippen MR) is 62.4 cm³/mol. The molecule has 0 saturated carbocycles. The van der Waals surface area contributed by atoms with Gasteiger partial charge in [-0.3, -0.25) is 14.7 Å². The number of nitrogens with one attached hydrogen (secondary N) is 1. The Morgan fingerprint density at radius 2 is 2.12 bits per heavy atom. The molecule has 0 atom stereocenters. The molecule has 17 heavy (non-hydrogen) atoms. The second-order valence-corrected chi connectivity index (χ2v) is 4.62. The highest BCUT2D eigenvalue weighted by Gasteiger charge is 2.30. The van der Waals surface area contributed by atoms with Crippen LogP contribution in [-0.2, 0) is 17.8 Å². The molecule has 1 aromatic rings. The number of nitrogens with zero attached hydrogens (tertiary/aromatic N) is 2. The van der Waals surface area contributed by atoms with Crippen molar-refractivity contribution in [3.8, 4) is 0 Å². The van der Waals surface area contributed by atoms with Crippen LogP contribution in [0.5, 0.6) is 0 Å². The number of aromatic amines is 1. The molecule has 2 aliphatic rings. The normalized spacial score (nSPS) is 21.6. The van der Waals surface area contributed by atoms with Crippen molar-refractivity contribution >= 4 is 5.95 Å². The molecule has 92 valence electrons. The minimum Gasteiger partial charge on any atom is -0.381 e. The highest BCUT2D eigenvalue weighted by molar-refractivity contribution is 5.28. The molecule has 0 aromatic carbocycles. The van der Waals surface area contributed by atoms with Gasteiger partial charge in [0.15, 0.2) is 0 Å². The lowest BCUT2D eigenvalue weighted by Crippen LogP contribution is -2.36. The zero-order valence-corrected chi connectivity index (χ0v) is 9.61. The summed E-state index contributed by atoms with van der Waals surface area (Å²) in [6, 6.07) is 0.499. The van der Waals surface area contributed by atoms with E-state index in [-0.39, 0.29) is 11.5 Å². The summed E-state index contributed by atoms with van der Waals surface area (Å²) in [5.41, 5.74) is 7.06. The average molecular weight is 236 g/mol. The van der Waals surface area contributed by atoms with E-state index < -0.39 is 0 Å². The lowest BCUT2D eigenvalue weighted by molar-refractivity contribution is 0.0323. The van der Waals surface area contributed by atoms with Crippen LogP contribution in [0, 0.1) is 0 Å². The molecular formula is C11H16N4O2. The van der Waals surface area contributed by atoms with Crippen LogP contribution < -0.4 is 11.3 Å². The van der Waals surface area contributed by atoms with Gasteiger partial charge in [-0.15, -0.1) is 0 Å². The second kappa shape index (κ2) is 4.12. The summed E-state index contributed by atoms with van der Waals surface area (Å²) in [4.78, 5) is 20.8. The van der Waals surface area contributed by atoms with Gasteiger partial charge in [0, 0.05) is 32.3 Å². The summed E-state index contributed by atoms with van der Waals surface area (Å²) in [6.45, 7) is 3.03. The van der Waals surface area contributed by atoms with Gasteiger partial charge in [-0.25, -0.2) is 4.98 Å². The van der Waals surface area contributed by atoms with Gasteiger partial charge in [0.2, 0.25) is 5.95 Å². The molecular weight excluding hydrogens is 220 g/mol. The van der Waals surface area contributed by atoms with Crippen LogP contribution in [0.2, 0.25) is 0 Å². The lowest BCUT2D eigenvalue weighted by atomic mass is 10.1. The van der Waals surface area contributed by atoms with Crippen molar-refractivity contribution in [1.82, 2.24) is 14.9 Å². The Kier molecular flexibility index (Phi) is 2.60. The fourth-order valence-electron chi connectivity index (χ4n) is 2.62. The first-order valence-electron chi connectivity index (χ1n) is 5.93. The summed E-state index contributed by atoms with van der Waals surface area (Å²) in [5.74, 6) is 0.211. The van der Waals surface area contributed by atoms with Gasteiger partial charge in [-0.05, 0) is 12.8 Å². The molecule has 1 saturated heterocycles. The van der Waals surface area contributed by atoms with Crippen molar-refractivity contribution in [2.75, 3.05) is 18.9 Å². The van der Waals surface area contributed by atoms with E-state index in [1.165, 1.54) is 0 Å². The largest absolute Gasteiger partial charge is 0.381 e. The van der Waals surface area contributed by atoms with Crippen LogP contribution in [0.4, 0.5) is 5.95 Å². The van der Waals surface area contributed by atoms with Gasteiger partial charge in [0.1, 0.15) is 0 Å². The van der Waals surface area contributed by atoms with Crippen molar-refractivity contribution < 1.29 is 4.74 Å². The molecule has 1 fully saturated rings. The van der Waals surface area contributed by atoms with Crippen molar-refractivity contribution in [1.29, 1.82) is 0 Å². The first-order chi connectivity index (χ1) is 8.24. The number of hydrogen-bond donors (Lipinski definition) is 2. The van der Waals surface area contributed by atoms with Crippen LogP contribution in [0.25, 0.3) is 0 Å². The van der Waals surface area contributed by atoms with Crippen LogP contribution in [0.1, 0.15) is 24.1 Å². The molecule has 0 bridgehead atoms. The zero-order valence-electron chi connectivity index (χ0n) is 9.61. The SMILES string of the molecule is Nc1nc2c(c(=O)[nH]1)CN(C1CCOCC1)C2. The lowest BCUT2D eigenvalue weighted by Gasteiger charge is -2.30. The third-order valence-corrected chi connectivity index (χ3v) is 3.54. The smallest absolute Gasteiger partial charge is 0.257 e. The van der Waals surface area contributed by atoms with Crippen LogP contribution in [0.3, 0.4) is 0 Å². The predicted octanol–water partition coefficient (Wildman–Crippen LogP) is -0.153. The van der Waals surface area contributed by atoms with Crippen LogP contribution in [-0.4, -0.2) is 34.1 Å². The summed E-state index contributed by atoms with van der Waals surface area (Å²) < 4.78 is 5.35. The van der Waals surface area contributed by atoms with E-state index in [1.807, 2.05) is 0 Å². The topological polar surface area (TPSA) is 84.2 Å². The third kappa shape index (κ3) is 1.94. The Morgan fingerprint density at radius 1 is 1.35 bits per heavy atom. The maximum absolute atomic E-state index is 11.7. The van der Waals surface area contributed by atoms with Crippen molar-refractivity contribution in [2.24, 2.45) is 0 Å². The van der Waals surface area contributed by atoms with Crippen molar-refractivity contribution in [3.05, 3.63) is 21.6 Å². The second-order valence-electron chi connectivity index (χ2n) is 4.62. The molecule has 3 rings (SSSR count). The Hall–Kier alpha value is -1.40. The molecule has 0 amide bonds. The summed E-state index contributed by atoms with van der Waals surface area (Å²) >= 11 is 0. The number of ether oxygens (including phenoxy) is 1. The molecule has 6 heteroatoms. The van der Waals surface area contributed by atoms with Crippen molar-refractivity contribution in [3.63, 3.8) is 0 Å². The van der Waals surface area contributed by atoms with E-state index in [4.69, 9.17) is 10.5 Å². The molecule has 1 aromatic heterocycles. The van der Waals surface area contributed by atoms with E-state index in [9.17, 15) is 4.79 Å². The summed E-state index contributed by atoms with van der Waals surface area (Å²) in [5, 5.41) is 0. The Balaban J connectivity index is 1.82. The van der Waals surface area contributed by atoms with E-state index in [0.717, 1.165) is 43.9 Å². The molecule has 2 aliphatic heterocycles. The minimum atomic E-state index is -0.0953. The molecule has 0 unspecified atom stereocenters. The molecule has 3 N–H and O–H groups in total. The van der Waals surface area contributed by atoms with E-state index >= 15 is 0 Å². The van der Waals surface area contributed by atoms with Gasteiger partial charge in [0.05, 0.1) is 11.3 Å². The van der Waals surface area contributed by atoms with Crippen LogP contribution >= 0.6 is 0 Å². The van der Waals surface area contributed by atoms with Crippen LogP contribution in [0.15, 0.2) is 4.79 Å². The fraction of sp³-hybridized carbons (Fsp3) is 0.636. The minimum absolute atomic E-state index is 0.0953. The molecule has 0 radical (unpaired) electrons. The maximum Gasteiger partial charge on any atom is 0.257 e. The number of nitrogens with two attached hydrogens (primary N) is 1. The monoisotopic (exact) mass is 236 g/mol. The summed E-state index contributed by atoms with van der Waals surface area (Å²) in [6.07, 6.45) is 2.06. The zero-order chi connectivity index (χ0) is 11.8. The van der Waals surface area contributed by atoms with Crippen molar-refractivity contribution in [2.45, 2.75) is 32.0 Å². The molecule has 6 nitrogen and oxygen atoms in total. The molecule has 0 spiro atoms. The number of fused-ring (bicyclic) bond motifs is 1. The first kappa shape index (κ1) is 10.7. The number of aromatic nitrogens is 2. The standard InChI is InChI=1S/C11H16N4O2/c12-11-13-9-6-15(5-8(9)10(16)14-11)7-1-3-17-4-2-7/h7H,1-6H2,(H3,12,13,14,16). The average Bonchev–Trinajstić information content (AvgIpc) is 2.74. The van der Waals surface area contributed by atoms with Gasteiger partial charge < -0.3 is 10.5 Å². The molecule has 3 heterocycles. The molecule has 0 aliphatic carbocycles. The summed E-state index contributed by atoms with van der Waals surface area (Å²) in [7, 11) is 0.